The fourth-order valence-electron chi connectivity index (χ4n) is 4.45. The number of halogens is 6. The van der Waals surface area contributed by atoms with Gasteiger partial charge in [0.05, 0.1) is 5.69 Å². The quantitative estimate of drug-likeness (QED) is 0.481. The van der Waals surface area contributed by atoms with Crippen molar-refractivity contribution in [3.63, 3.8) is 0 Å². The van der Waals surface area contributed by atoms with Gasteiger partial charge in [-0.2, -0.15) is 26.3 Å². The fraction of sp³-hybridized carbons (Fsp3) is 0.682. The summed E-state index contributed by atoms with van der Waals surface area (Å²) in [5.74, 6) is 0.300. The summed E-state index contributed by atoms with van der Waals surface area (Å²) in [5.41, 5.74) is -5.98. The Morgan fingerprint density at radius 1 is 1.09 bits per heavy atom. The van der Waals surface area contributed by atoms with Crippen LogP contribution in [0, 0.1) is 5.92 Å². The summed E-state index contributed by atoms with van der Waals surface area (Å²) >= 11 is 1.14. The van der Waals surface area contributed by atoms with Crippen LogP contribution >= 0.6 is 11.8 Å². The molecule has 2 aliphatic rings. The minimum atomic E-state index is -5.95. The second kappa shape index (κ2) is 9.44. The van der Waals surface area contributed by atoms with Crippen molar-refractivity contribution in [1.82, 2.24) is 0 Å². The zero-order valence-corrected chi connectivity index (χ0v) is 18.5. The van der Waals surface area contributed by atoms with Crippen LogP contribution in [0.2, 0.25) is 0 Å². The third-order valence-corrected chi connectivity index (χ3v) is 7.81. The first kappa shape index (κ1) is 25.2. The fourth-order valence-corrected chi connectivity index (χ4v) is 5.69. The van der Waals surface area contributed by atoms with E-state index in [0.717, 1.165) is 56.0 Å². The number of carbonyl (C=O) groups excluding carboxylic acids is 1. The Bertz CT molecular complexity index is 806. The summed E-state index contributed by atoms with van der Waals surface area (Å²) in [5, 5.41) is 9.58. The molecule has 10 heteroatoms. The molecule has 1 fully saturated rings. The van der Waals surface area contributed by atoms with Crippen LogP contribution in [0.5, 0.6) is 0 Å². The van der Waals surface area contributed by atoms with Crippen LogP contribution in [-0.2, 0) is 10.4 Å². The van der Waals surface area contributed by atoms with Gasteiger partial charge in [0, 0.05) is 28.7 Å². The largest absolute Gasteiger partial charge is 0.430 e. The highest BCUT2D eigenvalue weighted by molar-refractivity contribution is 8.00. The van der Waals surface area contributed by atoms with Gasteiger partial charge >= 0.3 is 12.4 Å². The summed E-state index contributed by atoms with van der Waals surface area (Å²) in [7, 11) is 0. The number of anilines is 1. The molecule has 1 aliphatic carbocycles. The Hall–Kier alpha value is -1.42. The van der Waals surface area contributed by atoms with Gasteiger partial charge < -0.3 is 10.0 Å². The first-order valence-electron chi connectivity index (χ1n) is 10.9. The maximum Gasteiger partial charge on any atom is 0.430 e. The molecule has 1 aromatic carbocycles. The molecule has 0 saturated heterocycles. The van der Waals surface area contributed by atoms with E-state index < -0.39 is 23.5 Å². The maximum absolute atomic E-state index is 13.3. The molecule has 0 unspecified atom stereocenters. The van der Waals surface area contributed by atoms with Gasteiger partial charge in [0.15, 0.2) is 0 Å². The van der Waals surface area contributed by atoms with E-state index in [0.29, 0.717) is 37.1 Å². The number of benzene rings is 1. The lowest BCUT2D eigenvalue weighted by atomic mass is 9.86. The lowest BCUT2D eigenvalue weighted by Gasteiger charge is -2.37. The van der Waals surface area contributed by atoms with E-state index in [9.17, 15) is 36.2 Å². The minimum absolute atomic E-state index is 0.138. The predicted molar refractivity (Wildman–Crippen MR) is 111 cm³/mol. The molecule has 1 saturated carbocycles. The Labute approximate surface area is 187 Å². The Morgan fingerprint density at radius 3 is 2.28 bits per heavy atom. The van der Waals surface area contributed by atoms with Gasteiger partial charge in [-0.3, -0.25) is 4.79 Å². The molecule has 1 amide bonds. The van der Waals surface area contributed by atoms with Gasteiger partial charge in [-0.05, 0) is 30.9 Å². The van der Waals surface area contributed by atoms with Crippen LogP contribution in [0.15, 0.2) is 23.1 Å². The normalized spacial score (nSPS) is 20.9. The molecule has 3 nitrogen and oxygen atoms in total. The molecule has 0 radical (unpaired) electrons. The lowest BCUT2D eigenvalue weighted by Crippen LogP contribution is -2.54. The Balaban J connectivity index is 1.90. The van der Waals surface area contributed by atoms with Gasteiger partial charge in [0.2, 0.25) is 5.91 Å². The maximum atomic E-state index is 13.3. The average molecular weight is 484 g/mol. The molecule has 180 valence electrons. The smallest absolute Gasteiger partial charge is 0.369 e. The second-order valence-electron chi connectivity index (χ2n) is 8.58. The predicted octanol–water partition coefficient (Wildman–Crippen LogP) is 6.58. The van der Waals surface area contributed by atoms with E-state index in [2.05, 4.69) is 0 Å². The van der Waals surface area contributed by atoms with Crippen LogP contribution in [0.25, 0.3) is 0 Å². The zero-order valence-electron chi connectivity index (χ0n) is 17.7. The van der Waals surface area contributed by atoms with Crippen molar-refractivity contribution in [1.29, 1.82) is 0 Å². The molecule has 0 aromatic heterocycles. The van der Waals surface area contributed by atoms with Crippen molar-refractivity contribution in [3.8, 4) is 0 Å². The summed E-state index contributed by atoms with van der Waals surface area (Å²) in [6, 6.07) is 2.43. The number of rotatable bonds is 5. The molecule has 1 aliphatic heterocycles. The summed E-state index contributed by atoms with van der Waals surface area (Å²) in [6.07, 6.45) is -4.64. The van der Waals surface area contributed by atoms with E-state index in [4.69, 9.17) is 0 Å². The third-order valence-electron chi connectivity index (χ3n) is 6.42. The Morgan fingerprint density at radius 2 is 1.72 bits per heavy atom. The summed E-state index contributed by atoms with van der Waals surface area (Å²) in [4.78, 5) is 14.6. The van der Waals surface area contributed by atoms with Crippen LogP contribution in [-0.4, -0.2) is 35.2 Å². The van der Waals surface area contributed by atoms with Crippen molar-refractivity contribution < 1.29 is 36.2 Å². The molecule has 32 heavy (non-hydrogen) atoms. The molecule has 0 spiro atoms. The molecule has 1 aromatic rings. The summed E-state index contributed by atoms with van der Waals surface area (Å²) < 4.78 is 79.8. The molecule has 1 heterocycles. The lowest BCUT2D eigenvalue weighted by molar-refractivity contribution is -0.376. The van der Waals surface area contributed by atoms with Gasteiger partial charge in [-0.15, -0.1) is 11.8 Å². The van der Waals surface area contributed by atoms with Crippen molar-refractivity contribution >= 4 is 23.4 Å². The highest BCUT2D eigenvalue weighted by Crippen LogP contribution is 2.52. The van der Waals surface area contributed by atoms with Gasteiger partial charge in [0.25, 0.3) is 5.60 Å². The third kappa shape index (κ3) is 4.90. The van der Waals surface area contributed by atoms with E-state index >= 15 is 0 Å². The van der Waals surface area contributed by atoms with Gasteiger partial charge in [-0.25, -0.2) is 0 Å². The highest BCUT2D eigenvalue weighted by atomic mass is 32.2. The monoisotopic (exact) mass is 483 g/mol. The molecular weight excluding hydrogens is 456 g/mol. The molecule has 0 bridgehead atoms. The average Bonchev–Trinajstić information content (AvgIpc) is 2.74. The van der Waals surface area contributed by atoms with Crippen molar-refractivity contribution in [2.45, 2.75) is 86.4 Å². The van der Waals surface area contributed by atoms with Crippen molar-refractivity contribution in [2.24, 2.45) is 5.92 Å². The number of hydrogen-bond donors (Lipinski definition) is 1. The van der Waals surface area contributed by atoms with E-state index in [1.165, 1.54) is 11.3 Å². The van der Waals surface area contributed by atoms with Gasteiger partial charge in [0.1, 0.15) is 0 Å². The number of hydrogen-bond acceptors (Lipinski definition) is 3. The van der Waals surface area contributed by atoms with Crippen LogP contribution in [0.1, 0.15) is 63.9 Å². The highest BCUT2D eigenvalue weighted by Gasteiger charge is 2.71. The number of carbonyl (C=O) groups is 1. The van der Waals surface area contributed by atoms with Gasteiger partial charge in [-0.1, -0.05) is 45.1 Å². The second-order valence-corrected chi connectivity index (χ2v) is 9.93. The van der Waals surface area contributed by atoms with E-state index in [-0.39, 0.29) is 16.1 Å². The number of amides is 1. The van der Waals surface area contributed by atoms with E-state index in [1.54, 1.807) is 0 Å². The van der Waals surface area contributed by atoms with Crippen molar-refractivity contribution in [3.05, 3.63) is 23.8 Å². The summed E-state index contributed by atoms with van der Waals surface area (Å²) in [6.45, 7) is 2.19. The zero-order chi connectivity index (χ0) is 23.7. The van der Waals surface area contributed by atoms with Crippen LogP contribution in [0.4, 0.5) is 32.0 Å². The number of alkyl halides is 6. The van der Waals surface area contributed by atoms with E-state index in [1.807, 2.05) is 6.92 Å². The first-order valence-corrected chi connectivity index (χ1v) is 11.7. The number of nitrogens with zero attached hydrogens (tertiary/aromatic N) is 1. The SMILES string of the molecule is CC[C@H]1CN(C(=O)CCC2CCCCC2)c2ccc(C(O)(C(F)(F)F)C(F)(F)F)cc2S1. The van der Waals surface area contributed by atoms with Crippen molar-refractivity contribution in [2.75, 3.05) is 11.4 Å². The molecule has 1 N–H and O–H groups in total. The number of aliphatic hydroxyl groups is 1. The minimum Gasteiger partial charge on any atom is -0.369 e. The first-order chi connectivity index (χ1) is 14.9. The Kier molecular flexibility index (Phi) is 7.44. The van der Waals surface area contributed by atoms with Crippen LogP contribution in [0.3, 0.4) is 0 Å². The molecule has 1 atom stereocenters. The number of thioether (sulfide) groups is 1. The molecular formula is C22H27F6NO2S. The standard InChI is InChI=1S/C22H27F6NO2S/c1-2-16-13-29(19(30)11-8-14-6-4-3-5-7-14)17-10-9-15(12-18(17)32-16)20(31,21(23,24)25)22(26,27)28/h9-10,12,14,16,31H,2-8,11,13H2,1H3/t16-/m0/s1. The topological polar surface area (TPSA) is 40.5 Å². The number of fused-ring (bicyclic) bond motifs is 1. The molecule has 3 rings (SSSR count). The van der Waals surface area contributed by atoms with Crippen LogP contribution < -0.4 is 4.90 Å².